The van der Waals surface area contributed by atoms with Crippen molar-refractivity contribution in [3.8, 4) is 5.75 Å². The molecule has 1 aromatic carbocycles. The van der Waals surface area contributed by atoms with Crippen molar-refractivity contribution in [2.75, 3.05) is 13.1 Å². The Balaban J connectivity index is 1.75. The third-order valence-corrected chi connectivity index (χ3v) is 4.42. The maximum atomic E-state index is 13.2. The minimum atomic E-state index is -1.44. The number of halogens is 1. The summed E-state index contributed by atoms with van der Waals surface area (Å²) in [6, 6.07) is 7.14. The van der Waals surface area contributed by atoms with E-state index >= 15 is 0 Å². The highest BCUT2D eigenvalue weighted by Crippen LogP contribution is 2.32. The van der Waals surface area contributed by atoms with Crippen molar-refractivity contribution in [2.45, 2.75) is 25.4 Å². The lowest BCUT2D eigenvalue weighted by Gasteiger charge is -2.38. The second-order valence-corrected chi connectivity index (χ2v) is 6.08. The van der Waals surface area contributed by atoms with Crippen molar-refractivity contribution < 1.29 is 28.2 Å². The van der Waals surface area contributed by atoms with E-state index in [1.54, 1.807) is 24.0 Å². The van der Waals surface area contributed by atoms with Crippen LogP contribution in [0.5, 0.6) is 5.75 Å². The largest absolute Gasteiger partial charge is 0.478 e. The predicted molar refractivity (Wildman–Crippen MR) is 86.0 cm³/mol. The van der Waals surface area contributed by atoms with Gasteiger partial charge < -0.3 is 19.2 Å². The zero-order valence-corrected chi connectivity index (χ0v) is 13.7. The minimum absolute atomic E-state index is 0.131. The topological polar surface area (TPSA) is 80.0 Å². The van der Waals surface area contributed by atoms with Gasteiger partial charge in [0.15, 0.2) is 5.76 Å². The minimum Gasteiger partial charge on any atom is -0.478 e. The van der Waals surface area contributed by atoms with Crippen LogP contribution in [0.3, 0.4) is 0 Å². The van der Waals surface area contributed by atoms with Gasteiger partial charge in [-0.05, 0) is 42.8 Å². The molecule has 1 amide bonds. The second kappa shape index (κ2) is 6.58. The molecular weight excluding hydrogens is 329 g/mol. The van der Waals surface area contributed by atoms with Gasteiger partial charge in [-0.2, -0.15) is 0 Å². The molecule has 132 valence electrons. The van der Waals surface area contributed by atoms with E-state index in [1.165, 1.54) is 24.5 Å². The third kappa shape index (κ3) is 3.35. The zero-order chi connectivity index (χ0) is 18.0. The van der Waals surface area contributed by atoms with Crippen molar-refractivity contribution in [3.63, 3.8) is 0 Å². The summed E-state index contributed by atoms with van der Waals surface area (Å²) >= 11 is 0. The number of rotatable bonds is 4. The maximum absolute atomic E-state index is 13.2. The van der Waals surface area contributed by atoms with Gasteiger partial charge in [0, 0.05) is 25.9 Å². The van der Waals surface area contributed by atoms with Gasteiger partial charge in [-0.1, -0.05) is 0 Å². The Morgan fingerprint density at radius 2 is 2.00 bits per heavy atom. The van der Waals surface area contributed by atoms with E-state index in [9.17, 15) is 19.1 Å². The average Bonchev–Trinajstić information content (AvgIpc) is 3.12. The molecular formula is C18H18FNO5. The molecule has 25 heavy (non-hydrogen) atoms. The lowest BCUT2D eigenvalue weighted by Crippen LogP contribution is -2.54. The lowest BCUT2D eigenvalue weighted by molar-refractivity contribution is -0.159. The van der Waals surface area contributed by atoms with Crippen molar-refractivity contribution in [1.82, 2.24) is 4.90 Å². The molecule has 2 aromatic rings. The monoisotopic (exact) mass is 347 g/mol. The Morgan fingerprint density at radius 1 is 1.28 bits per heavy atom. The number of aryl methyl sites for hydroxylation is 1. The highest BCUT2D eigenvalue weighted by Gasteiger charge is 2.45. The normalized spacial score (nSPS) is 16.5. The third-order valence-electron chi connectivity index (χ3n) is 4.42. The molecule has 1 saturated heterocycles. The number of piperidine rings is 1. The second-order valence-electron chi connectivity index (χ2n) is 6.08. The Hall–Kier alpha value is -2.83. The lowest BCUT2D eigenvalue weighted by atomic mass is 9.90. The first-order chi connectivity index (χ1) is 11.9. The number of aliphatic carboxylic acids is 1. The number of furan rings is 1. The quantitative estimate of drug-likeness (QED) is 0.920. The van der Waals surface area contributed by atoms with Gasteiger partial charge in [0.05, 0.1) is 6.26 Å². The summed E-state index contributed by atoms with van der Waals surface area (Å²) in [4.78, 5) is 25.7. The van der Waals surface area contributed by atoms with Crippen molar-refractivity contribution in [3.05, 3.63) is 53.7 Å². The van der Waals surface area contributed by atoms with Crippen LogP contribution in [-0.2, 0) is 4.79 Å². The molecule has 0 bridgehead atoms. The summed E-state index contributed by atoms with van der Waals surface area (Å²) in [5.41, 5.74) is -0.919. The average molecular weight is 347 g/mol. The standard InChI is InChI=1S/C18H18FNO5/c1-12-11-13(19)4-5-14(12)25-18(17(22)23)6-8-20(9-7-18)16(21)15-3-2-10-24-15/h2-5,10-11H,6-9H2,1H3,(H,22,23). The number of hydrogen-bond acceptors (Lipinski definition) is 4. The Morgan fingerprint density at radius 3 is 2.56 bits per heavy atom. The predicted octanol–water partition coefficient (Wildman–Crippen LogP) is 2.87. The van der Waals surface area contributed by atoms with Crippen LogP contribution in [0.2, 0.25) is 0 Å². The molecule has 1 aromatic heterocycles. The molecule has 7 heteroatoms. The molecule has 2 heterocycles. The number of hydrogen-bond donors (Lipinski definition) is 1. The molecule has 0 radical (unpaired) electrons. The van der Waals surface area contributed by atoms with Gasteiger partial charge in [-0.3, -0.25) is 4.79 Å². The van der Waals surface area contributed by atoms with Gasteiger partial charge >= 0.3 is 5.97 Å². The van der Waals surface area contributed by atoms with Gasteiger partial charge in [0.1, 0.15) is 11.6 Å². The van der Waals surface area contributed by atoms with Crippen LogP contribution in [-0.4, -0.2) is 40.6 Å². The fourth-order valence-electron chi connectivity index (χ4n) is 2.92. The number of nitrogens with zero attached hydrogens (tertiary/aromatic N) is 1. The number of carboxylic acid groups (broad SMARTS) is 1. The molecule has 6 nitrogen and oxygen atoms in total. The van der Waals surface area contributed by atoms with Gasteiger partial charge in [0.25, 0.3) is 5.91 Å². The fourth-order valence-corrected chi connectivity index (χ4v) is 2.92. The number of carbonyl (C=O) groups is 2. The van der Waals surface area contributed by atoms with Gasteiger partial charge in [0.2, 0.25) is 5.60 Å². The van der Waals surface area contributed by atoms with Crippen LogP contribution < -0.4 is 4.74 Å². The highest BCUT2D eigenvalue weighted by molar-refractivity contribution is 5.91. The summed E-state index contributed by atoms with van der Waals surface area (Å²) in [5, 5.41) is 9.68. The number of amides is 1. The summed E-state index contributed by atoms with van der Waals surface area (Å²) in [6.45, 7) is 2.11. The molecule has 3 rings (SSSR count). The van der Waals surface area contributed by atoms with Crippen LogP contribution in [0.15, 0.2) is 41.0 Å². The Labute approximate surface area is 143 Å². The van der Waals surface area contributed by atoms with E-state index in [1.807, 2.05) is 0 Å². The summed E-state index contributed by atoms with van der Waals surface area (Å²) in [6.07, 6.45) is 1.68. The Kier molecular flexibility index (Phi) is 4.48. The summed E-state index contributed by atoms with van der Waals surface area (Å²) in [5.74, 6) is -1.23. The maximum Gasteiger partial charge on any atom is 0.348 e. The van der Waals surface area contributed by atoms with Crippen molar-refractivity contribution in [2.24, 2.45) is 0 Å². The summed E-state index contributed by atoms with van der Waals surface area (Å²) < 4.78 is 24.1. The first-order valence-corrected chi connectivity index (χ1v) is 7.93. The van der Waals surface area contributed by atoms with E-state index in [4.69, 9.17) is 9.15 Å². The fraction of sp³-hybridized carbons (Fsp3) is 0.333. The van der Waals surface area contributed by atoms with E-state index in [0.29, 0.717) is 11.3 Å². The number of likely N-dealkylation sites (tertiary alicyclic amines) is 1. The molecule has 0 atom stereocenters. The van der Waals surface area contributed by atoms with E-state index in [2.05, 4.69) is 0 Å². The molecule has 0 spiro atoms. The smallest absolute Gasteiger partial charge is 0.348 e. The van der Waals surface area contributed by atoms with E-state index in [-0.39, 0.29) is 37.6 Å². The zero-order valence-electron chi connectivity index (χ0n) is 13.7. The molecule has 0 saturated carbocycles. The number of carboxylic acids is 1. The number of ether oxygens (including phenoxy) is 1. The van der Waals surface area contributed by atoms with Gasteiger partial charge in [-0.15, -0.1) is 0 Å². The molecule has 0 unspecified atom stereocenters. The van der Waals surface area contributed by atoms with E-state index in [0.717, 1.165) is 0 Å². The number of carbonyl (C=O) groups excluding carboxylic acids is 1. The SMILES string of the molecule is Cc1cc(F)ccc1OC1(C(=O)O)CCN(C(=O)c2ccco2)CC1. The van der Waals surface area contributed by atoms with Crippen LogP contribution in [0.1, 0.15) is 29.0 Å². The van der Waals surface area contributed by atoms with Crippen LogP contribution in [0.4, 0.5) is 4.39 Å². The number of benzene rings is 1. The van der Waals surface area contributed by atoms with Crippen molar-refractivity contribution in [1.29, 1.82) is 0 Å². The first-order valence-electron chi connectivity index (χ1n) is 7.93. The van der Waals surface area contributed by atoms with Crippen LogP contribution in [0, 0.1) is 12.7 Å². The summed E-state index contributed by atoms with van der Waals surface area (Å²) in [7, 11) is 0. The van der Waals surface area contributed by atoms with Crippen LogP contribution in [0.25, 0.3) is 0 Å². The highest BCUT2D eigenvalue weighted by atomic mass is 19.1. The molecule has 1 N–H and O–H groups in total. The van der Waals surface area contributed by atoms with E-state index < -0.39 is 17.4 Å². The molecule has 0 aliphatic carbocycles. The Bertz CT molecular complexity index is 779. The van der Waals surface area contributed by atoms with Crippen LogP contribution >= 0.6 is 0 Å². The molecule has 1 aliphatic heterocycles. The van der Waals surface area contributed by atoms with Crippen molar-refractivity contribution >= 4 is 11.9 Å². The first kappa shape index (κ1) is 17.0. The molecule has 1 aliphatic rings. The van der Waals surface area contributed by atoms with Gasteiger partial charge in [-0.25, -0.2) is 9.18 Å². The molecule has 1 fully saturated rings.